The van der Waals surface area contributed by atoms with Crippen LogP contribution in [0, 0.1) is 0 Å². The predicted octanol–water partition coefficient (Wildman–Crippen LogP) is 1.00. The molecule has 0 amide bonds. The SMILES string of the molecule is OCCC(CO)Nc1ccc2c(c1)OCCCO2. The van der Waals surface area contributed by atoms with E-state index in [0.29, 0.717) is 19.6 Å². The quantitative estimate of drug-likeness (QED) is 0.730. The number of ether oxygens (including phenoxy) is 2. The van der Waals surface area contributed by atoms with Gasteiger partial charge in [0, 0.05) is 24.8 Å². The molecule has 0 bridgehead atoms. The third-order valence-electron chi connectivity index (χ3n) is 2.82. The molecule has 0 saturated carbocycles. The first-order valence-electron chi connectivity index (χ1n) is 6.21. The summed E-state index contributed by atoms with van der Waals surface area (Å²) in [6.45, 7) is 1.35. The molecule has 18 heavy (non-hydrogen) atoms. The van der Waals surface area contributed by atoms with Crippen LogP contribution >= 0.6 is 0 Å². The van der Waals surface area contributed by atoms with Gasteiger partial charge in [-0.25, -0.2) is 0 Å². The number of aliphatic hydroxyl groups excluding tert-OH is 2. The van der Waals surface area contributed by atoms with Crippen molar-refractivity contribution in [2.24, 2.45) is 0 Å². The number of nitrogens with one attached hydrogen (secondary N) is 1. The van der Waals surface area contributed by atoms with Gasteiger partial charge in [-0.2, -0.15) is 0 Å². The molecule has 1 atom stereocenters. The molecule has 1 aromatic rings. The van der Waals surface area contributed by atoms with Crippen LogP contribution in [0.2, 0.25) is 0 Å². The highest BCUT2D eigenvalue weighted by atomic mass is 16.5. The maximum Gasteiger partial charge on any atom is 0.163 e. The Morgan fingerprint density at radius 1 is 1.17 bits per heavy atom. The Bertz CT molecular complexity index is 383. The molecule has 5 heteroatoms. The van der Waals surface area contributed by atoms with Gasteiger partial charge in [-0.3, -0.25) is 0 Å². The summed E-state index contributed by atoms with van der Waals surface area (Å²) in [4.78, 5) is 0. The fourth-order valence-corrected chi connectivity index (χ4v) is 1.85. The fourth-order valence-electron chi connectivity index (χ4n) is 1.85. The Labute approximate surface area is 106 Å². The minimum absolute atomic E-state index is 0.0188. The third kappa shape index (κ3) is 3.27. The van der Waals surface area contributed by atoms with Crippen LogP contribution in [0.3, 0.4) is 0 Å². The number of hydrogen-bond acceptors (Lipinski definition) is 5. The van der Waals surface area contributed by atoms with Crippen molar-refractivity contribution in [3.63, 3.8) is 0 Å². The molecule has 2 rings (SSSR count). The first-order chi connectivity index (χ1) is 8.83. The second-order valence-electron chi connectivity index (χ2n) is 4.25. The Hall–Kier alpha value is -1.46. The zero-order valence-corrected chi connectivity index (χ0v) is 10.3. The topological polar surface area (TPSA) is 71.0 Å². The normalized spacial score (nSPS) is 15.9. The molecule has 1 aliphatic rings. The van der Waals surface area contributed by atoms with Crippen molar-refractivity contribution in [1.29, 1.82) is 0 Å². The molecular formula is C13H19NO4. The molecule has 0 aliphatic carbocycles. The zero-order chi connectivity index (χ0) is 12.8. The van der Waals surface area contributed by atoms with E-state index in [1.807, 2.05) is 18.2 Å². The minimum Gasteiger partial charge on any atom is -0.490 e. The van der Waals surface area contributed by atoms with Crippen molar-refractivity contribution in [1.82, 2.24) is 0 Å². The van der Waals surface area contributed by atoms with Crippen LogP contribution in [0.4, 0.5) is 5.69 Å². The van der Waals surface area contributed by atoms with Gasteiger partial charge in [0.05, 0.1) is 25.9 Å². The molecule has 0 aromatic heterocycles. The summed E-state index contributed by atoms with van der Waals surface area (Å²) in [6, 6.07) is 5.45. The Morgan fingerprint density at radius 2 is 1.94 bits per heavy atom. The summed E-state index contributed by atoms with van der Waals surface area (Å²) in [5.41, 5.74) is 0.853. The van der Waals surface area contributed by atoms with Crippen molar-refractivity contribution in [3.8, 4) is 11.5 Å². The Balaban J connectivity index is 2.07. The van der Waals surface area contributed by atoms with Crippen molar-refractivity contribution in [3.05, 3.63) is 18.2 Å². The van der Waals surface area contributed by atoms with Gasteiger partial charge in [0.15, 0.2) is 11.5 Å². The maximum absolute atomic E-state index is 9.17. The molecule has 1 unspecified atom stereocenters. The molecule has 0 saturated heterocycles. The molecule has 100 valence electrons. The average molecular weight is 253 g/mol. The summed E-state index contributed by atoms with van der Waals surface area (Å²) < 4.78 is 11.1. The molecule has 3 N–H and O–H groups in total. The molecule has 1 heterocycles. The van der Waals surface area contributed by atoms with Gasteiger partial charge in [0.1, 0.15) is 0 Å². The second kappa shape index (κ2) is 6.47. The zero-order valence-electron chi connectivity index (χ0n) is 10.3. The van der Waals surface area contributed by atoms with E-state index in [-0.39, 0.29) is 19.3 Å². The van der Waals surface area contributed by atoms with E-state index in [1.54, 1.807) is 0 Å². The number of hydrogen-bond donors (Lipinski definition) is 3. The van der Waals surface area contributed by atoms with Crippen LogP contribution in [0.1, 0.15) is 12.8 Å². The third-order valence-corrected chi connectivity index (χ3v) is 2.82. The van der Waals surface area contributed by atoms with E-state index >= 15 is 0 Å². The van der Waals surface area contributed by atoms with Crippen molar-refractivity contribution in [2.45, 2.75) is 18.9 Å². The minimum atomic E-state index is -0.153. The van der Waals surface area contributed by atoms with Crippen LogP contribution in [0.25, 0.3) is 0 Å². The monoisotopic (exact) mass is 253 g/mol. The predicted molar refractivity (Wildman–Crippen MR) is 68.2 cm³/mol. The van der Waals surface area contributed by atoms with Crippen LogP contribution in [0.15, 0.2) is 18.2 Å². The lowest BCUT2D eigenvalue weighted by Gasteiger charge is -2.17. The number of fused-ring (bicyclic) bond motifs is 1. The molecule has 0 fully saturated rings. The van der Waals surface area contributed by atoms with Crippen molar-refractivity contribution >= 4 is 5.69 Å². The van der Waals surface area contributed by atoms with E-state index < -0.39 is 0 Å². The number of aliphatic hydroxyl groups is 2. The van der Waals surface area contributed by atoms with E-state index in [1.165, 1.54) is 0 Å². The molecular weight excluding hydrogens is 234 g/mol. The maximum atomic E-state index is 9.17. The van der Waals surface area contributed by atoms with Crippen molar-refractivity contribution in [2.75, 3.05) is 31.7 Å². The van der Waals surface area contributed by atoms with Crippen LogP contribution in [0.5, 0.6) is 11.5 Å². The number of rotatable bonds is 5. The smallest absolute Gasteiger partial charge is 0.163 e. The van der Waals surface area contributed by atoms with Crippen molar-refractivity contribution < 1.29 is 19.7 Å². The van der Waals surface area contributed by atoms with E-state index in [2.05, 4.69) is 5.32 Å². The highest BCUT2D eigenvalue weighted by molar-refractivity contribution is 5.55. The Morgan fingerprint density at radius 3 is 2.67 bits per heavy atom. The molecule has 0 spiro atoms. The van der Waals surface area contributed by atoms with E-state index in [9.17, 15) is 5.11 Å². The average Bonchev–Trinajstić information content (AvgIpc) is 2.63. The van der Waals surface area contributed by atoms with Gasteiger partial charge in [0.25, 0.3) is 0 Å². The van der Waals surface area contributed by atoms with Crippen LogP contribution in [-0.4, -0.2) is 42.7 Å². The first-order valence-corrected chi connectivity index (χ1v) is 6.21. The largest absolute Gasteiger partial charge is 0.490 e. The second-order valence-corrected chi connectivity index (χ2v) is 4.25. The highest BCUT2D eigenvalue weighted by Crippen LogP contribution is 2.32. The molecule has 1 aromatic carbocycles. The number of benzene rings is 1. The van der Waals surface area contributed by atoms with Gasteiger partial charge in [0.2, 0.25) is 0 Å². The summed E-state index contributed by atoms with van der Waals surface area (Å²) >= 11 is 0. The van der Waals surface area contributed by atoms with Crippen LogP contribution in [-0.2, 0) is 0 Å². The van der Waals surface area contributed by atoms with E-state index in [4.69, 9.17) is 14.6 Å². The summed E-state index contributed by atoms with van der Waals surface area (Å²) in [7, 11) is 0. The molecule has 5 nitrogen and oxygen atoms in total. The standard InChI is InChI=1S/C13H19NO4/c15-5-4-11(9-16)14-10-2-3-12-13(8-10)18-7-1-6-17-12/h2-3,8,11,14-16H,1,4-7,9H2. The fraction of sp³-hybridized carbons (Fsp3) is 0.538. The summed E-state index contributed by atoms with van der Waals surface area (Å²) in [5, 5.41) is 21.2. The highest BCUT2D eigenvalue weighted by Gasteiger charge is 2.12. The summed E-state index contributed by atoms with van der Waals surface area (Å²) in [6.07, 6.45) is 1.38. The van der Waals surface area contributed by atoms with Gasteiger partial charge in [-0.1, -0.05) is 0 Å². The van der Waals surface area contributed by atoms with E-state index in [0.717, 1.165) is 23.6 Å². The number of anilines is 1. The lowest BCUT2D eigenvalue weighted by molar-refractivity contribution is 0.229. The molecule has 0 radical (unpaired) electrons. The van der Waals surface area contributed by atoms with Gasteiger partial charge >= 0.3 is 0 Å². The Kier molecular flexibility index (Phi) is 4.66. The van der Waals surface area contributed by atoms with Crippen LogP contribution < -0.4 is 14.8 Å². The summed E-state index contributed by atoms with van der Waals surface area (Å²) in [5.74, 6) is 1.47. The van der Waals surface area contributed by atoms with Gasteiger partial charge in [-0.15, -0.1) is 0 Å². The van der Waals surface area contributed by atoms with Gasteiger partial charge < -0.3 is 25.0 Å². The van der Waals surface area contributed by atoms with Gasteiger partial charge in [-0.05, 0) is 18.6 Å². The molecule has 1 aliphatic heterocycles. The lowest BCUT2D eigenvalue weighted by atomic mass is 10.2. The lowest BCUT2D eigenvalue weighted by Crippen LogP contribution is -2.24. The first kappa shape index (κ1) is 13.0.